The number of anilines is 1. The van der Waals surface area contributed by atoms with E-state index in [1.807, 2.05) is 0 Å². The van der Waals surface area contributed by atoms with Gasteiger partial charge in [0.25, 0.3) is 0 Å². The fourth-order valence-electron chi connectivity index (χ4n) is 0.944. The number of nitrogens with one attached hydrogen (secondary N) is 1. The van der Waals surface area contributed by atoms with Crippen molar-refractivity contribution in [2.45, 2.75) is 6.18 Å². The van der Waals surface area contributed by atoms with E-state index in [2.05, 4.69) is 0 Å². The highest BCUT2D eigenvalue weighted by molar-refractivity contribution is 5.82. The van der Waals surface area contributed by atoms with Gasteiger partial charge >= 0.3 is 12.3 Å². The van der Waals surface area contributed by atoms with E-state index in [0.29, 0.717) is 12.1 Å². The van der Waals surface area contributed by atoms with Crippen LogP contribution >= 0.6 is 0 Å². The summed E-state index contributed by atoms with van der Waals surface area (Å²) in [6.07, 6.45) is -6.37. The van der Waals surface area contributed by atoms with Crippen molar-refractivity contribution >= 4 is 11.8 Å². The van der Waals surface area contributed by atoms with Gasteiger partial charge in [-0.1, -0.05) is 0 Å². The number of hydrogen-bond acceptors (Lipinski definition) is 1. The molecule has 0 aromatic heterocycles. The molecule has 0 spiro atoms. The van der Waals surface area contributed by atoms with E-state index in [-0.39, 0.29) is 5.69 Å². The fraction of sp³-hybridized carbons (Fsp3) is 0.125. The molecule has 0 aliphatic carbocycles. The van der Waals surface area contributed by atoms with Crippen LogP contribution in [-0.4, -0.2) is 11.2 Å². The molecule has 1 amide bonds. The van der Waals surface area contributed by atoms with Crippen molar-refractivity contribution in [3.05, 3.63) is 29.6 Å². The molecule has 0 saturated carbocycles. The number of amides is 1. The second kappa shape index (κ2) is 3.76. The third-order valence-corrected chi connectivity index (χ3v) is 1.52. The first kappa shape index (κ1) is 11.3. The third-order valence-electron chi connectivity index (χ3n) is 1.52. The standard InChI is InChI=1S/C8H5F4NO2/c9-6-2-1-4(13-7(14)15)3-5(6)8(10,11)12/h1-3,13H,(H,14,15). The van der Waals surface area contributed by atoms with Crippen LogP contribution in [0.15, 0.2) is 18.2 Å². The number of alkyl halides is 3. The van der Waals surface area contributed by atoms with Gasteiger partial charge in [0.15, 0.2) is 0 Å². The SMILES string of the molecule is O=C(O)Nc1ccc(F)c(C(F)(F)F)c1. The largest absolute Gasteiger partial charge is 0.465 e. The molecule has 1 rings (SSSR count). The molecule has 0 unspecified atom stereocenters. The molecule has 15 heavy (non-hydrogen) atoms. The van der Waals surface area contributed by atoms with Crippen molar-refractivity contribution in [2.75, 3.05) is 5.32 Å². The van der Waals surface area contributed by atoms with E-state index < -0.39 is 23.7 Å². The molecule has 1 aromatic rings. The Morgan fingerprint density at radius 2 is 1.93 bits per heavy atom. The predicted octanol–water partition coefficient (Wildman–Crippen LogP) is 2.93. The minimum absolute atomic E-state index is 0.337. The van der Waals surface area contributed by atoms with Crippen LogP contribution in [0.25, 0.3) is 0 Å². The van der Waals surface area contributed by atoms with E-state index in [1.54, 1.807) is 5.32 Å². The quantitative estimate of drug-likeness (QED) is 0.719. The molecule has 0 atom stereocenters. The number of benzene rings is 1. The molecule has 2 N–H and O–H groups in total. The minimum atomic E-state index is -4.85. The van der Waals surface area contributed by atoms with Crippen LogP contribution in [-0.2, 0) is 6.18 Å². The summed E-state index contributed by atoms with van der Waals surface area (Å²) in [7, 11) is 0. The number of hydrogen-bond donors (Lipinski definition) is 2. The molecular formula is C8H5F4NO2. The Bertz CT molecular complexity index is 389. The van der Waals surface area contributed by atoms with Crippen molar-refractivity contribution in [3.63, 3.8) is 0 Å². The lowest BCUT2D eigenvalue weighted by molar-refractivity contribution is -0.139. The molecule has 0 aliphatic rings. The first-order chi connectivity index (χ1) is 6.80. The average Bonchev–Trinajstić information content (AvgIpc) is 2.05. The number of carboxylic acid groups (broad SMARTS) is 1. The molecule has 0 aliphatic heterocycles. The molecule has 3 nitrogen and oxygen atoms in total. The van der Waals surface area contributed by atoms with Gasteiger partial charge in [-0.2, -0.15) is 13.2 Å². The zero-order valence-corrected chi connectivity index (χ0v) is 7.10. The van der Waals surface area contributed by atoms with Gasteiger partial charge in [0.2, 0.25) is 0 Å². The van der Waals surface area contributed by atoms with Crippen LogP contribution in [0.1, 0.15) is 5.56 Å². The maximum absolute atomic E-state index is 12.7. The zero-order valence-electron chi connectivity index (χ0n) is 7.10. The molecule has 0 heterocycles. The van der Waals surface area contributed by atoms with Crippen LogP contribution < -0.4 is 5.32 Å². The smallest absolute Gasteiger partial charge is 0.419 e. The van der Waals surface area contributed by atoms with Gasteiger partial charge in [-0.05, 0) is 18.2 Å². The van der Waals surface area contributed by atoms with E-state index in [0.717, 1.165) is 6.07 Å². The average molecular weight is 223 g/mol. The lowest BCUT2D eigenvalue weighted by Crippen LogP contribution is -2.11. The van der Waals surface area contributed by atoms with Crippen molar-refractivity contribution < 1.29 is 27.5 Å². The van der Waals surface area contributed by atoms with Crippen LogP contribution in [0.5, 0.6) is 0 Å². The summed E-state index contributed by atoms with van der Waals surface area (Å²) < 4.78 is 49.2. The molecule has 82 valence electrons. The van der Waals surface area contributed by atoms with E-state index in [1.165, 1.54) is 0 Å². The summed E-state index contributed by atoms with van der Waals surface area (Å²) in [6, 6.07) is 1.84. The number of rotatable bonds is 1. The lowest BCUT2D eigenvalue weighted by atomic mass is 10.2. The van der Waals surface area contributed by atoms with Crippen molar-refractivity contribution in [1.82, 2.24) is 0 Å². The van der Waals surface area contributed by atoms with Crippen LogP contribution in [0, 0.1) is 5.82 Å². The van der Waals surface area contributed by atoms with Gasteiger partial charge in [0, 0.05) is 5.69 Å². The maximum atomic E-state index is 12.7. The second-order valence-electron chi connectivity index (χ2n) is 2.62. The normalized spacial score (nSPS) is 11.2. The Morgan fingerprint density at radius 1 is 1.33 bits per heavy atom. The summed E-state index contributed by atoms with van der Waals surface area (Å²) >= 11 is 0. The van der Waals surface area contributed by atoms with Gasteiger partial charge in [0.1, 0.15) is 5.82 Å². The topological polar surface area (TPSA) is 49.3 Å². The van der Waals surface area contributed by atoms with Crippen LogP contribution in [0.2, 0.25) is 0 Å². The first-order valence-electron chi connectivity index (χ1n) is 3.67. The summed E-state index contributed by atoms with van der Waals surface area (Å²) in [4.78, 5) is 10.1. The van der Waals surface area contributed by atoms with E-state index in [4.69, 9.17) is 5.11 Å². The minimum Gasteiger partial charge on any atom is -0.465 e. The van der Waals surface area contributed by atoms with Gasteiger partial charge in [-0.3, -0.25) is 5.32 Å². The van der Waals surface area contributed by atoms with Gasteiger partial charge in [-0.15, -0.1) is 0 Å². The highest BCUT2D eigenvalue weighted by atomic mass is 19.4. The number of halogens is 4. The lowest BCUT2D eigenvalue weighted by Gasteiger charge is -2.09. The van der Waals surface area contributed by atoms with Crippen molar-refractivity contribution in [2.24, 2.45) is 0 Å². The fourth-order valence-corrected chi connectivity index (χ4v) is 0.944. The molecule has 1 aromatic carbocycles. The maximum Gasteiger partial charge on any atom is 0.419 e. The Kier molecular flexibility index (Phi) is 2.83. The summed E-state index contributed by atoms with van der Waals surface area (Å²) in [5.74, 6) is -1.45. The molecule has 0 radical (unpaired) electrons. The first-order valence-corrected chi connectivity index (χ1v) is 3.67. The van der Waals surface area contributed by atoms with Crippen molar-refractivity contribution in [3.8, 4) is 0 Å². The van der Waals surface area contributed by atoms with Crippen molar-refractivity contribution in [1.29, 1.82) is 0 Å². The molecular weight excluding hydrogens is 218 g/mol. The highest BCUT2D eigenvalue weighted by Crippen LogP contribution is 2.32. The zero-order chi connectivity index (χ0) is 11.6. The van der Waals surface area contributed by atoms with E-state index >= 15 is 0 Å². The summed E-state index contributed by atoms with van der Waals surface area (Å²) in [5.41, 5.74) is -1.84. The molecule has 7 heteroatoms. The highest BCUT2D eigenvalue weighted by Gasteiger charge is 2.34. The Labute approximate surface area is 81.3 Å². The Morgan fingerprint density at radius 3 is 2.40 bits per heavy atom. The van der Waals surface area contributed by atoms with Gasteiger partial charge in [-0.25, -0.2) is 9.18 Å². The summed E-state index contributed by atoms with van der Waals surface area (Å²) in [6.45, 7) is 0. The second-order valence-corrected chi connectivity index (χ2v) is 2.62. The predicted molar refractivity (Wildman–Crippen MR) is 43.0 cm³/mol. The van der Waals surface area contributed by atoms with Crippen LogP contribution in [0.4, 0.5) is 28.0 Å². The Balaban J connectivity index is 3.11. The monoisotopic (exact) mass is 223 g/mol. The Hall–Kier alpha value is -1.79. The van der Waals surface area contributed by atoms with Gasteiger partial charge in [0.05, 0.1) is 5.56 Å². The molecule has 0 fully saturated rings. The molecule has 0 bridgehead atoms. The summed E-state index contributed by atoms with van der Waals surface area (Å²) in [5, 5.41) is 9.94. The third kappa shape index (κ3) is 2.83. The van der Waals surface area contributed by atoms with Gasteiger partial charge < -0.3 is 5.11 Å². The van der Waals surface area contributed by atoms with E-state index in [9.17, 15) is 22.4 Å². The molecule has 0 saturated heterocycles. The van der Waals surface area contributed by atoms with Crippen LogP contribution in [0.3, 0.4) is 0 Å². The number of carbonyl (C=O) groups is 1.